The van der Waals surface area contributed by atoms with Crippen LogP contribution in [0.1, 0.15) is 5.56 Å². The molecule has 2 N–H and O–H groups in total. The Bertz CT molecular complexity index is 612. The molecular weight excluding hydrogens is 298 g/mol. The van der Waals surface area contributed by atoms with Crippen molar-refractivity contribution in [2.24, 2.45) is 0 Å². The highest BCUT2D eigenvalue weighted by atomic mass is 35.5. The van der Waals surface area contributed by atoms with Gasteiger partial charge in [0.25, 0.3) is 0 Å². The lowest BCUT2D eigenvalue weighted by atomic mass is 10.2. The average Bonchev–Trinajstić information content (AvgIpc) is 2.13. The monoisotopic (exact) mass is 311 g/mol. The number of anilines is 1. The van der Waals surface area contributed by atoms with Gasteiger partial charge in [-0.2, -0.15) is 0 Å². The molecule has 0 aliphatic rings. The maximum absolute atomic E-state index is 11.4. The third kappa shape index (κ3) is 4.67. The minimum Gasteiger partial charge on any atom is -0.399 e. The number of halogens is 1. The van der Waals surface area contributed by atoms with Gasteiger partial charge in [-0.15, -0.1) is 12.4 Å². The summed E-state index contributed by atoms with van der Waals surface area (Å²) in [6, 6.07) is 6.22. The van der Waals surface area contributed by atoms with E-state index in [4.69, 9.17) is 5.73 Å². The van der Waals surface area contributed by atoms with Crippen molar-refractivity contribution in [3.8, 4) is 0 Å². The average molecular weight is 312 g/mol. The summed E-state index contributed by atoms with van der Waals surface area (Å²) in [7, 11) is -7.58. The van der Waals surface area contributed by atoms with Crippen LogP contribution in [-0.4, -0.2) is 29.3 Å². The van der Waals surface area contributed by atoms with Crippen LogP contribution in [0.5, 0.6) is 0 Å². The molecule has 0 saturated heterocycles. The van der Waals surface area contributed by atoms with Crippen LogP contribution in [0.4, 0.5) is 5.69 Å². The van der Waals surface area contributed by atoms with E-state index in [0.717, 1.165) is 18.6 Å². The van der Waals surface area contributed by atoms with Crippen molar-refractivity contribution in [2.75, 3.05) is 18.2 Å². The van der Waals surface area contributed by atoms with Gasteiger partial charge in [-0.1, -0.05) is 12.1 Å². The number of nitrogens with two attached hydrogens (primary N) is 1. The lowest BCUT2D eigenvalue weighted by Crippen LogP contribution is -2.11. The van der Waals surface area contributed by atoms with Crippen molar-refractivity contribution in [1.82, 2.24) is 0 Å². The van der Waals surface area contributed by atoms with Crippen molar-refractivity contribution < 1.29 is 16.8 Å². The van der Waals surface area contributed by atoms with Gasteiger partial charge in [0.15, 0.2) is 23.9 Å². The van der Waals surface area contributed by atoms with E-state index in [9.17, 15) is 16.8 Å². The molecule has 8 heteroatoms. The lowest BCUT2D eigenvalue weighted by Gasteiger charge is -2.03. The normalized spacial score (nSPS) is 11.4. The Morgan fingerprint density at radius 2 is 1.39 bits per heavy atom. The van der Waals surface area contributed by atoms with Crippen molar-refractivity contribution >= 4 is 43.8 Å². The summed E-state index contributed by atoms with van der Waals surface area (Å²) in [4.78, 5) is 0. The molecule has 18 heavy (non-hydrogen) atoms. The molecule has 0 aliphatic carbocycles. The third-order valence-electron chi connectivity index (χ3n) is 1.95. The van der Waals surface area contributed by atoms with Crippen molar-refractivity contribution in [3.05, 3.63) is 34.1 Å². The number of hydrogen-bond acceptors (Lipinski definition) is 5. The minimum absolute atomic E-state index is 0. The standard InChI is InChI=1S/C10H13NO4S2.ClH/c1-16(12,13)10(17(2,14)15)7-8-3-5-9(11)6-4-8;/h3-7H,11H2,1-2H3;1H. The Morgan fingerprint density at radius 1 is 1.00 bits per heavy atom. The molecule has 0 amide bonds. The van der Waals surface area contributed by atoms with Crippen LogP contribution >= 0.6 is 12.4 Å². The number of hydrogen-bond donors (Lipinski definition) is 1. The van der Waals surface area contributed by atoms with Crippen molar-refractivity contribution in [2.45, 2.75) is 0 Å². The maximum atomic E-state index is 11.4. The van der Waals surface area contributed by atoms with Crippen LogP contribution < -0.4 is 5.73 Å². The largest absolute Gasteiger partial charge is 0.399 e. The summed E-state index contributed by atoms with van der Waals surface area (Å²) in [5.74, 6) is 0. The van der Waals surface area contributed by atoms with E-state index in [2.05, 4.69) is 0 Å². The number of sulfone groups is 2. The first-order valence-electron chi connectivity index (χ1n) is 4.58. The number of rotatable bonds is 3. The fourth-order valence-electron chi connectivity index (χ4n) is 1.22. The van der Waals surface area contributed by atoms with E-state index < -0.39 is 23.9 Å². The molecule has 0 atom stereocenters. The summed E-state index contributed by atoms with van der Waals surface area (Å²) in [5.41, 5.74) is 6.45. The van der Waals surface area contributed by atoms with Crippen LogP contribution in [0.3, 0.4) is 0 Å². The number of nitrogen functional groups attached to an aromatic ring is 1. The first-order chi connectivity index (χ1) is 7.60. The maximum Gasteiger partial charge on any atom is 0.186 e. The zero-order valence-electron chi connectivity index (χ0n) is 9.82. The summed E-state index contributed by atoms with van der Waals surface area (Å²) in [6.45, 7) is 0. The molecule has 0 unspecified atom stereocenters. The molecule has 1 rings (SSSR count). The Morgan fingerprint density at radius 3 is 1.72 bits per heavy atom. The van der Waals surface area contributed by atoms with Crippen LogP contribution in [0.2, 0.25) is 0 Å². The molecule has 102 valence electrons. The predicted molar refractivity (Wildman–Crippen MR) is 75.8 cm³/mol. The number of benzene rings is 1. The zero-order chi connectivity index (χ0) is 13.3. The SMILES string of the molecule is CS(=O)(=O)C(=Cc1ccc(N)cc1)S(C)(=O)=O.Cl. The first kappa shape index (κ1) is 16.9. The van der Waals surface area contributed by atoms with E-state index in [1.54, 1.807) is 24.3 Å². The summed E-state index contributed by atoms with van der Waals surface area (Å²) >= 11 is 0. The molecule has 5 nitrogen and oxygen atoms in total. The van der Waals surface area contributed by atoms with Gasteiger partial charge in [-0.05, 0) is 23.8 Å². The van der Waals surface area contributed by atoms with Crippen molar-refractivity contribution in [1.29, 1.82) is 0 Å². The van der Waals surface area contributed by atoms with Crippen LogP contribution in [0, 0.1) is 0 Å². The van der Waals surface area contributed by atoms with Gasteiger partial charge in [0.1, 0.15) is 0 Å². The second-order valence-electron chi connectivity index (χ2n) is 3.67. The molecular formula is C10H14ClNO4S2. The van der Waals surface area contributed by atoms with E-state index in [-0.39, 0.29) is 12.4 Å². The van der Waals surface area contributed by atoms with Crippen LogP contribution in [-0.2, 0) is 19.7 Å². The van der Waals surface area contributed by atoms with Gasteiger partial charge in [-0.3, -0.25) is 0 Å². The Balaban J connectivity index is 0.00000289. The van der Waals surface area contributed by atoms with E-state index in [1.165, 1.54) is 0 Å². The first-order valence-corrected chi connectivity index (χ1v) is 8.36. The highest BCUT2D eigenvalue weighted by molar-refractivity contribution is 8.14. The molecule has 1 aromatic rings. The highest BCUT2D eigenvalue weighted by Gasteiger charge is 2.22. The third-order valence-corrected chi connectivity index (χ3v) is 5.47. The summed E-state index contributed by atoms with van der Waals surface area (Å²) in [6.07, 6.45) is 2.83. The lowest BCUT2D eigenvalue weighted by molar-refractivity contribution is 0.601. The second-order valence-corrected chi connectivity index (χ2v) is 7.90. The van der Waals surface area contributed by atoms with Gasteiger partial charge in [0.05, 0.1) is 0 Å². The Hall–Kier alpha value is -1.05. The molecule has 0 spiro atoms. The van der Waals surface area contributed by atoms with Gasteiger partial charge < -0.3 is 5.73 Å². The van der Waals surface area contributed by atoms with Gasteiger partial charge in [-0.25, -0.2) is 16.8 Å². The van der Waals surface area contributed by atoms with Crippen LogP contribution in [0.15, 0.2) is 28.5 Å². The Labute approximate surface area is 113 Å². The van der Waals surface area contributed by atoms with E-state index >= 15 is 0 Å². The second kappa shape index (κ2) is 5.73. The minimum atomic E-state index is -3.79. The smallest absolute Gasteiger partial charge is 0.186 e. The highest BCUT2D eigenvalue weighted by Crippen LogP contribution is 2.17. The fourth-order valence-corrected chi connectivity index (χ4v) is 4.12. The predicted octanol–water partition coefficient (Wildman–Crippen LogP) is 1.08. The molecule has 1 aromatic carbocycles. The summed E-state index contributed by atoms with van der Waals surface area (Å²) < 4.78 is 44.9. The molecule has 0 fully saturated rings. The van der Waals surface area contributed by atoms with Gasteiger partial charge in [0.2, 0.25) is 0 Å². The quantitative estimate of drug-likeness (QED) is 0.843. The summed E-state index contributed by atoms with van der Waals surface area (Å²) in [5, 5.41) is 0. The molecule has 0 aliphatic heterocycles. The van der Waals surface area contributed by atoms with Gasteiger partial charge >= 0.3 is 0 Å². The van der Waals surface area contributed by atoms with E-state index in [0.29, 0.717) is 11.3 Å². The fraction of sp³-hybridized carbons (Fsp3) is 0.200. The molecule has 0 radical (unpaired) electrons. The zero-order valence-corrected chi connectivity index (χ0v) is 12.3. The molecule has 0 aromatic heterocycles. The molecule has 0 saturated carbocycles. The topological polar surface area (TPSA) is 94.3 Å². The Kier molecular flexibility index (Phi) is 5.39. The van der Waals surface area contributed by atoms with Crippen molar-refractivity contribution in [3.63, 3.8) is 0 Å². The van der Waals surface area contributed by atoms with Gasteiger partial charge in [0, 0.05) is 18.2 Å². The molecule has 0 heterocycles. The molecule has 0 bridgehead atoms. The van der Waals surface area contributed by atoms with Crippen LogP contribution in [0.25, 0.3) is 6.08 Å². The van der Waals surface area contributed by atoms with E-state index in [1.807, 2.05) is 0 Å².